The third kappa shape index (κ3) is 2.84. The Labute approximate surface area is 144 Å². The lowest BCUT2D eigenvalue weighted by atomic mass is 9.77. The van der Waals surface area contributed by atoms with Crippen LogP contribution in [0.2, 0.25) is 0 Å². The standard InChI is InChI=1S/C18H19FN4O2/c1-18(25)8-10(9-18)21-17-16-11(4-3-7-20-16)15(22-23-17)14-12(19)5-2-6-13(14)24/h2-7,10-11,16,24-25H,8-9H2,1H3,(H,21,23)/t10?,11-,16+,18?/m1/s1. The fraction of sp³-hybridized carbons (Fsp3) is 0.389. The topological polar surface area (TPSA) is 89.6 Å². The van der Waals surface area contributed by atoms with Gasteiger partial charge in [-0.2, -0.15) is 5.10 Å². The van der Waals surface area contributed by atoms with Crippen LogP contribution < -0.4 is 5.43 Å². The van der Waals surface area contributed by atoms with Crippen LogP contribution in [-0.2, 0) is 0 Å². The van der Waals surface area contributed by atoms with Gasteiger partial charge < -0.3 is 10.2 Å². The lowest BCUT2D eigenvalue weighted by Crippen LogP contribution is -2.49. The summed E-state index contributed by atoms with van der Waals surface area (Å²) < 4.78 is 14.3. The highest BCUT2D eigenvalue weighted by Gasteiger charge is 2.41. The van der Waals surface area contributed by atoms with Crippen molar-refractivity contribution >= 4 is 17.8 Å². The van der Waals surface area contributed by atoms with Gasteiger partial charge in [0.05, 0.1) is 28.8 Å². The summed E-state index contributed by atoms with van der Waals surface area (Å²) in [5.74, 6) is -0.394. The molecule has 4 rings (SSSR count). The molecule has 1 saturated carbocycles. The molecule has 0 spiro atoms. The van der Waals surface area contributed by atoms with Crippen LogP contribution in [0.15, 0.2) is 45.4 Å². The number of halogens is 1. The fourth-order valence-electron chi connectivity index (χ4n) is 3.59. The Hall–Kier alpha value is -2.54. The first-order valence-corrected chi connectivity index (χ1v) is 8.26. The summed E-state index contributed by atoms with van der Waals surface area (Å²) in [5.41, 5.74) is 2.70. The molecule has 25 heavy (non-hydrogen) atoms. The molecule has 1 aliphatic carbocycles. The first-order chi connectivity index (χ1) is 11.9. The summed E-state index contributed by atoms with van der Waals surface area (Å²) in [6.07, 6.45) is 6.54. The van der Waals surface area contributed by atoms with Crippen LogP contribution >= 0.6 is 0 Å². The number of aliphatic hydroxyl groups is 1. The highest BCUT2D eigenvalue weighted by Crippen LogP contribution is 2.35. The maximum atomic E-state index is 14.3. The van der Waals surface area contributed by atoms with Gasteiger partial charge in [-0.15, -0.1) is 0 Å². The normalized spacial score (nSPS) is 34.9. The van der Waals surface area contributed by atoms with E-state index in [1.165, 1.54) is 18.2 Å². The van der Waals surface area contributed by atoms with Gasteiger partial charge in [-0.3, -0.25) is 15.4 Å². The van der Waals surface area contributed by atoms with E-state index in [0.29, 0.717) is 24.4 Å². The van der Waals surface area contributed by atoms with E-state index in [1.807, 2.05) is 6.08 Å². The third-order valence-electron chi connectivity index (χ3n) is 4.80. The molecular weight excluding hydrogens is 323 g/mol. The Bertz CT molecular complexity index is 800. The number of aromatic hydroxyl groups is 1. The molecule has 3 N–H and O–H groups in total. The first-order valence-electron chi connectivity index (χ1n) is 8.26. The summed E-state index contributed by atoms with van der Waals surface area (Å²) in [5, 5.41) is 24.2. The minimum Gasteiger partial charge on any atom is -0.507 e. The molecule has 130 valence electrons. The molecule has 0 radical (unpaired) electrons. The van der Waals surface area contributed by atoms with Crippen molar-refractivity contribution in [1.29, 1.82) is 0 Å². The summed E-state index contributed by atoms with van der Waals surface area (Å²) in [6, 6.07) is 3.86. The molecular formula is C18H19FN4O2. The molecule has 2 heterocycles. The highest BCUT2D eigenvalue weighted by molar-refractivity contribution is 6.12. The van der Waals surface area contributed by atoms with Gasteiger partial charge in [-0.25, -0.2) is 4.39 Å². The fourth-order valence-corrected chi connectivity index (χ4v) is 3.59. The number of hydrogen-bond acceptors (Lipinski definition) is 5. The quantitative estimate of drug-likeness (QED) is 0.765. The SMILES string of the molecule is CC1(O)CC(N=C2NN=C(c3c(O)cccc3F)[C@H]3C=CC=N[C@H]23)C1. The number of rotatable bonds is 2. The van der Waals surface area contributed by atoms with Crippen molar-refractivity contribution in [2.45, 2.75) is 37.5 Å². The molecule has 0 amide bonds. The number of phenolic OH excluding ortho intramolecular Hbond substituents is 1. The monoisotopic (exact) mass is 342 g/mol. The molecule has 1 fully saturated rings. The van der Waals surface area contributed by atoms with Crippen LogP contribution in [0.1, 0.15) is 25.3 Å². The number of dihydropyridines is 1. The number of phenols is 1. The van der Waals surface area contributed by atoms with Crippen molar-refractivity contribution in [2.24, 2.45) is 21.0 Å². The average Bonchev–Trinajstić information content (AvgIpc) is 2.54. The molecule has 1 aromatic carbocycles. The van der Waals surface area contributed by atoms with Gasteiger partial charge in [0.25, 0.3) is 0 Å². The molecule has 6 nitrogen and oxygen atoms in total. The van der Waals surface area contributed by atoms with Crippen molar-refractivity contribution < 1.29 is 14.6 Å². The molecule has 0 aromatic heterocycles. The van der Waals surface area contributed by atoms with E-state index in [-0.39, 0.29) is 29.3 Å². The summed E-state index contributed by atoms with van der Waals surface area (Å²) >= 11 is 0. The number of nitrogens with zero attached hydrogens (tertiary/aromatic N) is 3. The van der Waals surface area contributed by atoms with E-state index >= 15 is 0 Å². The molecule has 0 saturated heterocycles. The number of allylic oxidation sites excluding steroid dienone is 1. The van der Waals surface area contributed by atoms with Crippen LogP contribution in [0, 0.1) is 11.7 Å². The van der Waals surface area contributed by atoms with E-state index in [9.17, 15) is 14.6 Å². The van der Waals surface area contributed by atoms with Crippen molar-refractivity contribution in [3.8, 4) is 5.75 Å². The van der Waals surface area contributed by atoms with Gasteiger partial charge in [0.15, 0.2) is 0 Å². The molecule has 2 atom stereocenters. The van der Waals surface area contributed by atoms with Gasteiger partial charge >= 0.3 is 0 Å². The second kappa shape index (κ2) is 5.77. The Morgan fingerprint density at radius 1 is 1.36 bits per heavy atom. The van der Waals surface area contributed by atoms with Gasteiger partial charge in [0.2, 0.25) is 0 Å². The highest BCUT2D eigenvalue weighted by atomic mass is 19.1. The summed E-state index contributed by atoms with van der Waals surface area (Å²) in [7, 11) is 0. The van der Waals surface area contributed by atoms with Crippen molar-refractivity contribution in [2.75, 3.05) is 0 Å². The zero-order valence-corrected chi connectivity index (χ0v) is 13.7. The first kappa shape index (κ1) is 16.0. The maximum absolute atomic E-state index is 14.3. The van der Waals surface area contributed by atoms with Crippen LogP contribution in [0.4, 0.5) is 4.39 Å². The lowest BCUT2D eigenvalue weighted by Gasteiger charge is -2.40. The molecule has 0 bridgehead atoms. The molecule has 0 unspecified atom stereocenters. The minimum atomic E-state index is -0.661. The Morgan fingerprint density at radius 2 is 2.16 bits per heavy atom. The number of amidine groups is 1. The summed E-state index contributed by atoms with van der Waals surface area (Å²) in [6.45, 7) is 1.79. The van der Waals surface area contributed by atoms with Crippen molar-refractivity contribution in [3.05, 3.63) is 41.7 Å². The molecule has 3 aliphatic rings. The minimum absolute atomic E-state index is 0.0258. The number of hydrogen-bond donors (Lipinski definition) is 3. The largest absolute Gasteiger partial charge is 0.507 e. The molecule has 1 aromatic rings. The van der Waals surface area contributed by atoms with Crippen LogP contribution in [-0.4, -0.2) is 45.7 Å². The van der Waals surface area contributed by atoms with Crippen molar-refractivity contribution in [3.63, 3.8) is 0 Å². The number of hydrazone groups is 1. The Balaban J connectivity index is 1.69. The number of nitrogens with one attached hydrogen (secondary N) is 1. The van der Waals surface area contributed by atoms with E-state index in [0.717, 1.165) is 0 Å². The Morgan fingerprint density at radius 3 is 2.88 bits per heavy atom. The van der Waals surface area contributed by atoms with Crippen LogP contribution in [0.3, 0.4) is 0 Å². The van der Waals surface area contributed by atoms with Gasteiger partial charge in [-0.05, 0) is 38.0 Å². The lowest BCUT2D eigenvalue weighted by molar-refractivity contribution is -0.0281. The molecule has 7 heteroatoms. The van der Waals surface area contributed by atoms with E-state index < -0.39 is 11.4 Å². The van der Waals surface area contributed by atoms with E-state index in [2.05, 4.69) is 20.5 Å². The van der Waals surface area contributed by atoms with E-state index in [1.54, 1.807) is 19.2 Å². The zero-order chi connectivity index (χ0) is 17.6. The van der Waals surface area contributed by atoms with Crippen LogP contribution in [0.25, 0.3) is 0 Å². The van der Waals surface area contributed by atoms with E-state index in [4.69, 9.17) is 0 Å². The average molecular weight is 342 g/mol. The van der Waals surface area contributed by atoms with Crippen molar-refractivity contribution in [1.82, 2.24) is 5.43 Å². The number of fused-ring (bicyclic) bond motifs is 1. The zero-order valence-electron chi connectivity index (χ0n) is 13.7. The van der Waals surface area contributed by atoms with Gasteiger partial charge in [0, 0.05) is 6.21 Å². The van der Waals surface area contributed by atoms with Crippen LogP contribution in [0.5, 0.6) is 5.75 Å². The summed E-state index contributed by atoms with van der Waals surface area (Å²) in [4.78, 5) is 9.09. The third-order valence-corrected chi connectivity index (χ3v) is 4.80. The van der Waals surface area contributed by atoms with Gasteiger partial charge in [-0.1, -0.05) is 12.1 Å². The second-order valence-corrected chi connectivity index (χ2v) is 6.97. The molecule has 2 aliphatic heterocycles. The predicted octanol–water partition coefficient (Wildman–Crippen LogP) is 1.78. The number of benzene rings is 1. The smallest absolute Gasteiger partial charge is 0.143 e. The maximum Gasteiger partial charge on any atom is 0.143 e. The number of aliphatic imine (C=N–C) groups is 2. The second-order valence-electron chi connectivity index (χ2n) is 6.97. The Kier molecular flexibility index (Phi) is 3.68. The predicted molar refractivity (Wildman–Crippen MR) is 93.7 cm³/mol. The van der Waals surface area contributed by atoms with Gasteiger partial charge in [0.1, 0.15) is 23.4 Å².